The second kappa shape index (κ2) is 67.9. The zero-order valence-corrected chi connectivity index (χ0v) is 59.6. The largest absolute Gasteiger partial charge is 0.472 e. The molecule has 0 saturated carbocycles. The number of carbonyl (C=O) groups is 1. The highest BCUT2D eigenvalue weighted by Gasteiger charge is 2.28. The lowest BCUT2D eigenvalue weighted by atomic mass is 10.0. The summed E-state index contributed by atoms with van der Waals surface area (Å²) >= 11 is 0. The Labute approximate surface area is 533 Å². The van der Waals surface area contributed by atoms with Crippen LogP contribution in [0.5, 0.6) is 0 Å². The maximum Gasteiger partial charge on any atom is 0.472 e. The highest BCUT2D eigenvalue weighted by molar-refractivity contribution is 7.47. The number of nitrogens with one attached hydrogen (secondary N) is 1. The molecule has 9 heteroatoms. The summed E-state index contributed by atoms with van der Waals surface area (Å²) in [5, 5.41) is 14.2. The number of nitrogens with zero attached hydrogens (tertiary/aromatic N) is 1. The van der Waals surface area contributed by atoms with Gasteiger partial charge in [0.1, 0.15) is 13.2 Å². The lowest BCUT2D eigenvalue weighted by Crippen LogP contribution is -2.46. The monoisotopic (exact) mass is 1220 g/mol. The number of aliphatic hydroxyl groups excluding tert-OH is 1. The number of carbonyl (C=O) groups excluding carboxylic acids is 1. The normalized spacial score (nSPS) is 13.4. The van der Waals surface area contributed by atoms with Crippen LogP contribution in [0.15, 0.2) is 0 Å². The van der Waals surface area contributed by atoms with E-state index < -0.39 is 20.0 Å². The van der Waals surface area contributed by atoms with Crippen molar-refractivity contribution in [1.29, 1.82) is 0 Å². The number of aliphatic hydroxyl groups is 1. The van der Waals surface area contributed by atoms with Crippen LogP contribution in [0.1, 0.15) is 431 Å². The second-order valence-electron chi connectivity index (χ2n) is 28.5. The van der Waals surface area contributed by atoms with Crippen LogP contribution in [-0.2, 0) is 18.4 Å². The number of hydrogen-bond donors (Lipinski definition) is 3. The van der Waals surface area contributed by atoms with Gasteiger partial charge in [0.05, 0.1) is 39.9 Å². The highest BCUT2D eigenvalue weighted by atomic mass is 31.2. The molecule has 0 aliphatic rings. The number of quaternary nitrogens is 1. The van der Waals surface area contributed by atoms with E-state index in [0.717, 1.165) is 38.5 Å². The number of hydrogen-bond acceptors (Lipinski definition) is 5. The Morgan fingerprint density at radius 3 is 0.788 bits per heavy atom. The molecular weight excluding hydrogens is 1070 g/mol. The van der Waals surface area contributed by atoms with E-state index in [4.69, 9.17) is 9.05 Å². The minimum absolute atomic E-state index is 0.0795. The van der Waals surface area contributed by atoms with Gasteiger partial charge in [-0.3, -0.25) is 13.8 Å². The topological polar surface area (TPSA) is 105 Å². The van der Waals surface area contributed by atoms with Crippen LogP contribution in [0.2, 0.25) is 0 Å². The molecule has 0 spiro atoms. The third-order valence-corrected chi connectivity index (χ3v) is 19.6. The molecule has 510 valence electrons. The Morgan fingerprint density at radius 2 is 0.565 bits per heavy atom. The van der Waals surface area contributed by atoms with Crippen molar-refractivity contribution in [3.8, 4) is 0 Å². The Morgan fingerprint density at radius 1 is 0.353 bits per heavy atom. The average molecular weight is 1230 g/mol. The first-order valence-electron chi connectivity index (χ1n) is 38.9. The first-order chi connectivity index (χ1) is 41.5. The molecule has 3 N–H and O–H groups in total. The lowest BCUT2D eigenvalue weighted by molar-refractivity contribution is -0.870. The Bertz CT molecular complexity index is 1350. The van der Waals surface area contributed by atoms with E-state index in [-0.39, 0.29) is 19.1 Å². The van der Waals surface area contributed by atoms with Gasteiger partial charge in [-0.2, -0.15) is 0 Å². The van der Waals surface area contributed by atoms with E-state index in [0.29, 0.717) is 23.9 Å². The molecule has 0 bridgehead atoms. The van der Waals surface area contributed by atoms with E-state index in [1.807, 2.05) is 21.1 Å². The molecule has 85 heavy (non-hydrogen) atoms. The minimum Gasteiger partial charge on any atom is -0.391 e. The number of phosphoric acid groups is 1. The van der Waals surface area contributed by atoms with Crippen LogP contribution in [-0.4, -0.2) is 73.4 Å². The average Bonchev–Trinajstić information content (AvgIpc) is 3.49. The minimum atomic E-state index is -4.33. The van der Waals surface area contributed by atoms with Crippen molar-refractivity contribution in [2.75, 3.05) is 40.9 Å². The zero-order valence-electron chi connectivity index (χ0n) is 58.7. The standard InChI is InChI=1S/C76H155N2O6P/c1-6-8-10-12-14-16-18-20-22-24-26-28-30-32-33-34-35-36-37-38-39-40-41-42-43-44-45-46-48-50-52-54-56-58-60-62-64-66-68-70-76(80)77-74(73-84-85(81,82)83-72-71-78(3,4)5)75(79)69-67-65-63-61-59-57-55-53-51-49-47-31-29-27-25-23-21-19-17-15-13-11-9-7-2/h74-75,79H,6-73H2,1-5H3,(H-,77,80,81,82)/p+1. The third-order valence-electron chi connectivity index (χ3n) is 18.6. The summed E-state index contributed by atoms with van der Waals surface area (Å²) in [5.41, 5.74) is 0. The van der Waals surface area contributed by atoms with Gasteiger partial charge in [-0.05, 0) is 12.8 Å². The molecule has 3 atom stereocenters. The second-order valence-corrected chi connectivity index (χ2v) is 29.9. The lowest BCUT2D eigenvalue weighted by Gasteiger charge is -2.26. The molecule has 0 saturated heterocycles. The van der Waals surface area contributed by atoms with Crippen LogP contribution in [0, 0.1) is 0 Å². The summed E-state index contributed by atoms with van der Waals surface area (Å²) in [6.45, 7) is 4.97. The van der Waals surface area contributed by atoms with Gasteiger partial charge in [0.15, 0.2) is 0 Å². The predicted octanol–water partition coefficient (Wildman–Crippen LogP) is 25.1. The summed E-state index contributed by atoms with van der Waals surface area (Å²) in [6.07, 6.45) is 86.8. The van der Waals surface area contributed by atoms with E-state index in [9.17, 15) is 19.4 Å². The summed E-state index contributed by atoms with van der Waals surface area (Å²) in [6, 6.07) is -0.757. The molecule has 8 nitrogen and oxygen atoms in total. The van der Waals surface area contributed by atoms with Gasteiger partial charge in [0, 0.05) is 6.42 Å². The smallest absolute Gasteiger partial charge is 0.391 e. The van der Waals surface area contributed by atoms with Crippen molar-refractivity contribution >= 4 is 13.7 Å². The van der Waals surface area contributed by atoms with Crippen molar-refractivity contribution < 1.29 is 32.9 Å². The van der Waals surface area contributed by atoms with Gasteiger partial charge in [-0.25, -0.2) is 4.57 Å². The molecule has 3 unspecified atom stereocenters. The molecule has 0 aromatic rings. The van der Waals surface area contributed by atoms with Crippen molar-refractivity contribution in [2.24, 2.45) is 0 Å². The summed E-state index contributed by atoms with van der Waals surface area (Å²) in [4.78, 5) is 23.5. The fourth-order valence-electron chi connectivity index (χ4n) is 12.6. The number of phosphoric ester groups is 1. The predicted molar refractivity (Wildman–Crippen MR) is 374 cm³/mol. The SMILES string of the molecule is CCCCCCCCCCCCCCCCCCCCCCCCCCCCCCCCCCCCCCCCCC(=O)NC(COP(=O)(O)OCC[N+](C)(C)C)C(O)CCCCCCCCCCCCCCCCCCCCCCCCCC. The van der Waals surface area contributed by atoms with Crippen molar-refractivity contribution in [3.05, 3.63) is 0 Å². The summed E-state index contributed by atoms with van der Waals surface area (Å²) in [5.74, 6) is -0.132. The quantitative estimate of drug-likeness (QED) is 0.0318. The summed E-state index contributed by atoms with van der Waals surface area (Å²) < 4.78 is 23.9. The number of rotatable bonds is 74. The van der Waals surface area contributed by atoms with Crippen molar-refractivity contribution in [3.63, 3.8) is 0 Å². The van der Waals surface area contributed by atoms with Gasteiger partial charge in [-0.1, -0.05) is 412 Å². The number of unbranched alkanes of at least 4 members (excludes halogenated alkanes) is 61. The van der Waals surface area contributed by atoms with Gasteiger partial charge in [0.25, 0.3) is 0 Å². The molecule has 0 aromatic carbocycles. The van der Waals surface area contributed by atoms with E-state index in [1.54, 1.807) is 0 Å². The fraction of sp³-hybridized carbons (Fsp3) is 0.987. The van der Waals surface area contributed by atoms with Crippen LogP contribution in [0.25, 0.3) is 0 Å². The molecule has 0 aliphatic carbocycles. The molecule has 0 aliphatic heterocycles. The highest BCUT2D eigenvalue weighted by Crippen LogP contribution is 2.43. The molecule has 0 heterocycles. The Balaban J connectivity index is 3.86. The molecular formula is C76H156N2O6P+. The Kier molecular flexibility index (Phi) is 67.5. The first-order valence-corrected chi connectivity index (χ1v) is 40.4. The molecule has 0 aromatic heterocycles. The maximum absolute atomic E-state index is 13.1. The maximum atomic E-state index is 13.1. The van der Waals surface area contributed by atoms with Crippen LogP contribution in [0.3, 0.4) is 0 Å². The first kappa shape index (κ1) is 84.5. The molecule has 1 amide bonds. The van der Waals surface area contributed by atoms with Gasteiger partial charge < -0.3 is 19.8 Å². The zero-order chi connectivity index (χ0) is 61.9. The van der Waals surface area contributed by atoms with E-state index in [1.165, 1.54) is 366 Å². The van der Waals surface area contributed by atoms with E-state index in [2.05, 4.69) is 19.2 Å². The number of likely N-dealkylation sites (N-methyl/N-ethyl adjacent to an activating group) is 1. The van der Waals surface area contributed by atoms with E-state index >= 15 is 0 Å². The van der Waals surface area contributed by atoms with Crippen LogP contribution < -0.4 is 5.32 Å². The van der Waals surface area contributed by atoms with Crippen LogP contribution >= 0.6 is 7.82 Å². The Hall–Kier alpha value is -0.500. The number of amides is 1. The van der Waals surface area contributed by atoms with Crippen molar-refractivity contribution in [2.45, 2.75) is 443 Å². The molecule has 0 rings (SSSR count). The third kappa shape index (κ3) is 70.8. The molecule has 0 fully saturated rings. The fourth-order valence-corrected chi connectivity index (χ4v) is 13.3. The van der Waals surface area contributed by atoms with Crippen LogP contribution in [0.4, 0.5) is 0 Å². The summed E-state index contributed by atoms with van der Waals surface area (Å²) in [7, 11) is 1.64. The van der Waals surface area contributed by atoms with Gasteiger partial charge in [0.2, 0.25) is 5.91 Å². The van der Waals surface area contributed by atoms with Crippen molar-refractivity contribution in [1.82, 2.24) is 5.32 Å². The molecule has 0 radical (unpaired) electrons. The van der Waals surface area contributed by atoms with Gasteiger partial charge >= 0.3 is 7.82 Å². The van der Waals surface area contributed by atoms with Gasteiger partial charge in [-0.15, -0.1) is 0 Å².